The minimum absolute atomic E-state index is 0.00581. The number of nitrogens with zero attached hydrogens (tertiary/aromatic N) is 2. The third-order valence-electron chi connectivity index (χ3n) is 4.56. The molecule has 1 amide bonds. The van der Waals surface area contributed by atoms with Gasteiger partial charge >= 0.3 is 0 Å². The van der Waals surface area contributed by atoms with Crippen molar-refractivity contribution in [2.75, 3.05) is 29.1 Å². The lowest BCUT2D eigenvalue weighted by atomic mass is 10.1. The summed E-state index contributed by atoms with van der Waals surface area (Å²) in [4.78, 5) is 19.3. The molecule has 3 aromatic rings. The molecule has 1 aromatic heterocycles. The molecule has 4 nitrogen and oxygen atoms in total. The molecule has 1 aliphatic rings. The molecule has 1 saturated heterocycles. The number of nitrogens with one attached hydrogen (secondary N) is 1. The van der Waals surface area contributed by atoms with Gasteiger partial charge in [0, 0.05) is 24.5 Å². The number of aryl methyl sites for hydroxylation is 1. The monoisotopic (exact) mass is 383 g/mol. The van der Waals surface area contributed by atoms with Crippen LogP contribution in [0.5, 0.6) is 0 Å². The van der Waals surface area contributed by atoms with Gasteiger partial charge < -0.3 is 10.2 Å². The Labute approximate surface area is 161 Å². The van der Waals surface area contributed by atoms with E-state index in [0.717, 1.165) is 38.9 Å². The number of para-hydroxylation sites is 1. The highest BCUT2D eigenvalue weighted by Gasteiger charge is 2.14. The molecule has 4 rings (SSSR count). The molecule has 0 radical (unpaired) electrons. The third-order valence-corrected chi connectivity index (χ3v) is 6.74. The van der Waals surface area contributed by atoms with E-state index in [1.165, 1.54) is 30.3 Å². The van der Waals surface area contributed by atoms with Gasteiger partial charge in [-0.25, -0.2) is 4.98 Å². The number of amides is 1. The number of hydrogen-bond acceptors (Lipinski definition) is 5. The van der Waals surface area contributed by atoms with E-state index in [2.05, 4.69) is 40.3 Å². The zero-order valence-electron chi connectivity index (χ0n) is 14.7. The predicted octanol–water partition coefficient (Wildman–Crippen LogP) is 4.94. The number of anilines is 2. The third kappa shape index (κ3) is 3.86. The average Bonchev–Trinajstić information content (AvgIpc) is 3.31. The lowest BCUT2D eigenvalue weighted by Gasteiger charge is -2.19. The quantitative estimate of drug-likeness (QED) is 0.634. The molecule has 2 aromatic carbocycles. The van der Waals surface area contributed by atoms with Crippen LogP contribution in [0.25, 0.3) is 10.2 Å². The number of carbonyl (C=O) groups excluding carboxylic acids is 1. The smallest absolute Gasteiger partial charge is 0.234 e. The zero-order valence-corrected chi connectivity index (χ0v) is 16.3. The van der Waals surface area contributed by atoms with Gasteiger partial charge in [-0.1, -0.05) is 23.9 Å². The van der Waals surface area contributed by atoms with E-state index in [1.54, 1.807) is 11.3 Å². The Morgan fingerprint density at radius 2 is 2.04 bits per heavy atom. The largest absolute Gasteiger partial charge is 0.372 e. The van der Waals surface area contributed by atoms with Gasteiger partial charge in [0.1, 0.15) is 0 Å². The molecule has 0 saturated carbocycles. The summed E-state index contributed by atoms with van der Waals surface area (Å²) in [6.45, 7) is 4.31. The number of fused-ring (bicyclic) bond motifs is 1. The van der Waals surface area contributed by atoms with Crippen LogP contribution in [0.3, 0.4) is 0 Å². The van der Waals surface area contributed by atoms with Crippen molar-refractivity contribution in [1.29, 1.82) is 0 Å². The van der Waals surface area contributed by atoms with Crippen LogP contribution in [-0.2, 0) is 4.79 Å². The first-order valence-corrected chi connectivity index (χ1v) is 10.6. The van der Waals surface area contributed by atoms with Crippen LogP contribution in [0, 0.1) is 6.92 Å². The van der Waals surface area contributed by atoms with Gasteiger partial charge in [-0.05, 0) is 55.7 Å². The van der Waals surface area contributed by atoms with Crippen molar-refractivity contribution in [3.8, 4) is 0 Å². The molecule has 26 heavy (non-hydrogen) atoms. The normalized spacial score (nSPS) is 14.1. The van der Waals surface area contributed by atoms with Crippen LogP contribution in [0.2, 0.25) is 0 Å². The second kappa shape index (κ2) is 7.68. The van der Waals surface area contributed by atoms with Gasteiger partial charge in [-0.2, -0.15) is 0 Å². The summed E-state index contributed by atoms with van der Waals surface area (Å²) in [7, 11) is 0. The SMILES string of the molecule is Cc1cc(N2CCCC2)ccc1NC(=O)CSc1nc2ccccc2s1. The molecule has 0 atom stereocenters. The molecule has 6 heteroatoms. The zero-order chi connectivity index (χ0) is 17.9. The van der Waals surface area contributed by atoms with Crippen LogP contribution in [0.4, 0.5) is 11.4 Å². The molecule has 0 unspecified atom stereocenters. The molecule has 1 fully saturated rings. The lowest BCUT2D eigenvalue weighted by Crippen LogP contribution is -2.18. The number of rotatable bonds is 5. The molecule has 134 valence electrons. The summed E-state index contributed by atoms with van der Waals surface area (Å²) in [5, 5.41) is 3.03. The second-order valence-electron chi connectivity index (χ2n) is 6.48. The van der Waals surface area contributed by atoms with Gasteiger partial charge in [-0.3, -0.25) is 4.79 Å². The first kappa shape index (κ1) is 17.4. The molecule has 0 bridgehead atoms. The van der Waals surface area contributed by atoms with Crippen molar-refractivity contribution < 1.29 is 4.79 Å². The lowest BCUT2D eigenvalue weighted by molar-refractivity contribution is -0.113. The minimum atomic E-state index is 0.00581. The van der Waals surface area contributed by atoms with E-state index in [9.17, 15) is 4.79 Å². The summed E-state index contributed by atoms with van der Waals surface area (Å²) in [5.41, 5.74) is 4.24. The molecular weight excluding hydrogens is 362 g/mol. The van der Waals surface area contributed by atoms with Crippen LogP contribution >= 0.6 is 23.1 Å². The van der Waals surface area contributed by atoms with Crippen molar-refractivity contribution in [3.05, 3.63) is 48.0 Å². The van der Waals surface area contributed by atoms with Crippen LogP contribution < -0.4 is 10.2 Å². The molecule has 0 spiro atoms. The number of aromatic nitrogens is 1. The Bertz CT molecular complexity index is 899. The number of thiazole rings is 1. The number of carbonyl (C=O) groups is 1. The minimum Gasteiger partial charge on any atom is -0.372 e. The highest BCUT2D eigenvalue weighted by Crippen LogP contribution is 2.30. The molecular formula is C20H21N3OS2. The fourth-order valence-corrected chi connectivity index (χ4v) is 5.05. The molecule has 2 heterocycles. The summed E-state index contributed by atoms with van der Waals surface area (Å²) in [6, 6.07) is 14.3. The Hall–Kier alpha value is -2.05. The first-order valence-electron chi connectivity index (χ1n) is 8.83. The van der Waals surface area contributed by atoms with E-state index in [-0.39, 0.29) is 5.91 Å². The van der Waals surface area contributed by atoms with Gasteiger partial charge in [0.05, 0.1) is 16.0 Å². The van der Waals surface area contributed by atoms with E-state index in [4.69, 9.17) is 0 Å². The molecule has 1 N–H and O–H groups in total. The van der Waals surface area contributed by atoms with Gasteiger partial charge in [0.2, 0.25) is 5.91 Å². The van der Waals surface area contributed by atoms with E-state index in [0.29, 0.717) is 5.75 Å². The number of benzene rings is 2. The summed E-state index contributed by atoms with van der Waals surface area (Å²) in [5.74, 6) is 0.374. The first-order chi connectivity index (χ1) is 12.7. The number of thioether (sulfide) groups is 1. The van der Waals surface area contributed by atoms with Crippen molar-refractivity contribution in [2.45, 2.75) is 24.1 Å². The van der Waals surface area contributed by atoms with E-state index in [1.807, 2.05) is 24.3 Å². The molecule has 0 aliphatic carbocycles. The topological polar surface area (TPSA) is 45.2 Å². The van der Waals surface area contributed by atoms with Gasteiger partial charge in [0.15, 0.2) is 4.34 Å². The van der Waals surface area contributed by atoms with Crippen LogP contribution in [-0.4, -0.2) is 29.7 Å². The Kier molecular flexibility index (Phi) is 5.13. The van der Waals surface area contributed by atoms with Gasteiger partial charge in [-0.15, -0.1) is 11.3 Å². The average molecular weight is 384 g/mol. The second-order valence-corrected chi connectivity index (χ2v) is 8.73. The Balaban J connectivity index is 1.36. The van der Waals surface area contributed by atoms with E-state index < -0.39 is 0 Å². The maximum atomic E-state index is 12.3. The number of hydrogen-bond donors (Lipinski definition) is 1. The highest BCUT2D eigenvalue weighted by atomic mass is 32.2. The van der Waals surface area contributed by atoms with Gasteiger partial charge in [0.25, 0.3) is 0 Å². The summed E-state index contributed by atoms with van der Waals surface area (Å²) in [6.07, 6.45) is 2.53. The van der Waals surface area contributed by atoms with Crippen LogP contribution in [0.1, 0.15) is 18.4 Å². The Morgan fingerprint density at radius 3 is 2.81 bits per heavy atom. The van der Waals surface area contributed by atoms with Crippen molar-refractivity contribution >= 4 is 50.6 Å². The predicted molar refractivity (Wildman–Crippen MR) is 112 cm³/mol. The maximum absolute atomic E-state index is 12.3. The van der Waals surface area contributed by atoms with Crippen molar-refractivity contribution in [1.82, 2.24) is 4.98 Å². The summed E-state index contributed by atoms with van der Waals surface area (Å²) < 4.78 is 2.09. The van der Waals surface area contributed by atoms with E-state index >= 15 is 0 Å². The Morgan fingerprint density at radius 1 is 1.23 bits per heavy atom. The maximum Gasteiger partial charge on any atom is 0.234 e. The summed E-state index contributed by atoms with van der Waals surface area (Å²) >= 11 is 3.12. The standard InChI is InChI=1S/C20H21N3OS2/c1-14-12-15(23-10-4-5-11-23)8-9-16(14)21-19(24)13-25-20-22-17-6-2-3-7-18(17)26-20/h2-3,6-9,12H,4-5,10-11,13H2,1H3,(H,21,24). The molecule has 1 aliphatic heterocycles. The van der Waals surface area contributed by atoms with Crippen molar-refractivity contribution in [2.24, 2.45) is 0 Å². The van der Waals surface area contributed by atoms with Crippen molar-refractivity contribution in [3.63, 3.8) is 0 Å². The van der Waals surface area contributed by atoms with Crippen LogP contribution in [0.15, 0.2) is 46.8 Å². The highest BCUT2D eigenvalue weighted by molar-refractivity contribution is 8.01. The fourth-order valence-electron chi connectivity index (χ4n) is 3.19. The fraction of sp³-hybridized carbons (Fsp3) is 0.300.